The van der Waals surface area contributed by atoms with E-state index in [-0.39, 0.29) is 6.54 Å². The standard InChI is InChI=1S/C17H16ClN3O2/c1-12(14-7-9-15(18)10-8-14)20-21-17(23)16(22)19-11-13-5-3-2-4-6-13/h2-10H,11H2,1H3,(H,19,22)(H,21,23). The molecule has 2 aromatic carbocycles. The van der Waals surface area contributed by atoms with Gasteiger partial charge in [0.2, 0.25) is 0 Å². The lowest BCUT2D eigenvalue weighted by atomic mass is 10.1. The molecular formula is C17H16ClN3O2. The van der Waals surface area contributed by atoms with Crippen molar-refractivity contribution in [3.05, 3.63) is 70.7 Å². The Morgan fingerprint density at radius 1 is 1.00 bits per heavy atom. The van der Waals surface area contributed by atoms with Crippen molar-refractivity contribution in [3.63, 3.8) is 0 Å². The van der Waals surface area contributed by atoms with Gasteiger partial charge in [0.1, 0.15) is 0 Å². The number of carbonyl (C=O) groups is 2. The monoisotopic (exact) mass is 329 g/mol. The third-order valence-corrected chi connectivity index (χ3v) is 3.34. The summed E-state index contributed by atoms with van der Waals surface area (Å²) in [6, 6.07) is 16.3. The van der Waals surface area contributed by atoms with Crippen LogP contribution in [0.1, 0.15) is 18.1 Å². The van der Waals surface area contributed by atoms with E-state index in [1.807, 2.05) is 30.3 Å². The zero-order valence-electron chi connectivity index (χ0n) is 12.5. The van der Waals surface area contributed by atoms with Gasteiger partial charge in [0, 0.05) is 11.6 Å². The first-order chi connectivity index (χ1) is 11.1. The summed E-state index contributed by atoms with van der Waals surface area (Å²) in [7, 11) is 0. The fourth-order valence-corrected chi connectivity index (χ4v) is 1.93. The normalized spacial score (nSPS) is 11.0. The molecule has 2 aromatic rings. The molecule has 5 nitrogen and oxygen atoms in total. The molecule has 0 aromatic heterocycles. The summed E-state index contributed by atoms with van der Waals surface area (Å²) < 4.78 is 0. The molecule has 0 bridgehead atoms. The quantitative estimate of drug-likeness (QED) is 0.514. The number of nitrogens with one attached hydrogen (secondary N) is 2. The molecule has 0 heterocycles. The van der Waals surface area contributed by atoms with Crippen molar-refractivity contribution < 1.29 is 9.59 Å². The van der Waals surface area contributed by atoms with Crippen LogP contribution in [0.25, 0.3) is 0 Å². The predicted molar refractivity (Wildman–Crippen MR) is 90.1 cm³/mol. The second-order valence-electron chi connectivity index (χ2n) is 4.81. The maximum absolute atomic E-state index is 11.7. The number of hydrazone groups is 1. The molecule has 2 N–H and O–H groups in total. The van der Waals surface area contributed by atoms with E-state index in [2.05, 4.69) is 15.8 Å². The highest BCUT2D eigenvalue weighted by Crippen LogP contribution is 2.10. The van der Waals surface area contributed by atoms with Crippen LogP contribution >= 0.6 is 11.6 Å². The Hall–Kier alpha value is -2.66. The average molecular weight is 330 g/mol. The van der Waals surface area contributed by atoms with Crippen molar-refractivity contribution in [3.8, 4) is 0 Å². The van der Waals surface area contributed by atoms with Crippen molar-refractivity contribution in [1.29, 1.82) is 0 Å². The molecule has 0 fully saturated rings. The van der Waals surface area contributed by atoms with E-state index in [9.17, 15) is 9.59 Å². The van der Waals surface area contributed by atoms with Gasteiger partial charge in [0.05, 0.1) is 5.71 Å². The van der Waals surface area contributed by atoms with Gasteiger partial charge in [-0.05, 0) is 30.2 Å². The molecule has 0 atom stereocenters. The molecule has 0 radical (unpaired) electrons. The average Bonchev–Trinajstić information content (AvgIpc) is 2.58. The van der Waals surface area contributed by atoms with Gasteiger partial charge in [-0.25, -0.2) is 5.43 Å². The van der Waals surface area contributed by atoms with Gasteiger partial charge < -0.3 is 5.32 Å². The fourth-order valence-electron chi connectivity index (χ4n) is 1.80. The molecule has 23 heavy (non-hydrogen) atoms. The van der Waals surface area contributed by atoms with E-state index in [1.165, 1.54) is 0 Å². The molecule has 0 aliphatic heterocycles. The van der Waals surface area contributed by atoms with E-state index >= 15 is 0 Å². The van der Waals surface area contributed by atoms with Gasteiger partial charge in [-0.2, -0.15) is 5.10 Å². The summed E-state index contributed by atoms with van der Waals surface area (Å²) in [6.07, 6.45) is 0. The highest BCUT2D eigenvalue weighted by Gasteiger charge is 2.12. The molecule has 0 saturated heterocycles. The summed E-state index contributed by atoms with van der Waals surface area (Å²) in [6.45, 7) is 2.01. The SMILES string of the molecule is CC(=NNC(=O)C(=O)NCc1ccccc1)c1ccc(Cl)cc1. The highest BCUT2D eigenvalue weighted by molar-refractivity contribution is 6.35. The minimum Gasteiger partial charge on any atom is -0.344 e. The number of hydrogen-bond acceptors (Lipinski definition) is 3. The molecule has 2 amide bonds. The maximum atomic E-state index is 11.7. The Morgan fingerprint density at radius 2 is 1.65 bits per heavy atom. The van der Waals surface area contributed by atoms with Gasteiger partial charge >= 0.3 is 11.8 Å². The number of hydrogen-bond donors (Lipinski definition) is 2. The van der Waals surface area contributed by atoms with E-state index in [4.69, 9.17) is 11.6 Å². The molecule has 0 aliphatic carbocycles. The summed E-state index contributed by atoms with van der Waals surface area (Å²) >= 11 is 5.81. The van der Waals surface area contributed by atoms with Crippen LogP contribution in [-0.4, -0.2) is 17.5 Å². The fraction of sp³-hybridized carbons (Fsp3) is 0.118. The number of benzene rings is 2. The zero-order valence-corrected chi connectivity index (χ0v) is 13.3. The van der Waals surface area contributed by atoms with Gasteiger partial charge in [0.15, 0.2) is 0 Å². The lowest BCUT2D eigenvalue weighted by molar-refractivity contribution is -0.139. The molecular weight excluding hydrogens is 314 g/mol. The van der Waals surface area contributed by atoms with Crippen molar-refractivity contribution in [2.45, 2.75) is 13.5 Å². The first kappa shape index (κ1) is 16.7. The Bertz CT molecular complexity index is 712. The van der Waals surface area contributed by atoms with Gasteiger partial charge in [-0.3, -0.25) is 9.59 Å². The number of carbonyl (C=O) groups excluding carboxylic acids is 2. The summed E-state index contributed by atoms with van der Waals surface area (Å²) in [4.78, 5) is 23.4. The lowest BCUT2D eigenvalue weighted by Gasteiger charge is -2.05. The van der Waals surface area contributed by atoms with Crippen LogP contribution < -0.4 is 10.7 Å². The molecule has 6 heteroatoms. The minimum atomic E-state index is -0.811. The Balaban J connectivity index is 1.87. The Labute approximate surface area is 139 Å². The van der Waals surface area contributed by atoms with Crippen LogP contribution in [0, 0.1) is 0 Å². The van der Waals surface area contributed by atoms with Gasteiger partial charge in [-0.15, -0.1) is 0 Å². The van der Waals surface area contributed by atoms with E-state index in [0.29, 0.717) is 10.7 Å². The minimum absolute atomic E-state index is 0.285. The predicted octanol–water partition coefficient (Wildman–Crippen LogP) is 2.50. The van der Waals surface area contributed by atoms with E-state index in [0.717, 1.165) is 11.1 Å². The van der Waals surface area contributed by atoms with E-state index in [1.54, 1.807) is 31.2 Å². The lowest BCUT2D eigenvalue weighted by Crippen LogP contribution is -2.37. The number of amides is 2. The van der Waals surface area contributed by atoms with Crippen LogP contribution in [0.3, 0.4) is 0 Å². The number of nitrogens with zero attached hydrogens (tertiary/aromatic N) is 1. The van der Waals surface area contributed by atoms with Crippen LogP contribution in [0.2, 0.25) is 5.02 Å². The maximum Gasteiger partial charge on any atom is 0.329 e. The first-order valence-electron chi connectivity index (χ1n) is 6.98. The summed E-state index contributed by atoms with van der Waals surface area (Å²) in [5, 5.41) is 7.06. The van der Waals surface area contributed by atoms with Crippen molar-refractivity contribution in [1.82, 2.24) is 10.7 Å². The third kappa shape index (κ3) is 5.23. The molecule has 0 unspecified atom stereocenters. The van der Waals surface area contributed by atoms with Crippen LogP contribution in [-0.2, 0) is 16.1 Å². The van der Waals surface area contributed by atoms with Crippen LogP contribution in [0.15, 0.2) is 59.7 Å². The second-order valence-corrected chi connectivity index (χ2v) is 5.25. The van der Waals surface area contributed by atoms with Crippen molar-refractivity contribution in [2.24, 2.45) is 5.10 Å². The highest BCUT2D eigenvalue weighted by atomic mass is 35.5. The number of halogens is 1. The largest absolute Gasteiger partial charge is 0.344 e. The third-order valence-electron chi connectivity index (χ3n) is 3.09. The van der Waals surface area contributed by atoms with Crippen molar-refractivity contribution >= 4 is 29.1 Å². The molecule has 0 saturated carbocycles. The smallest absolute Gasteiger partial charge is 0.329 e. The van der Waals surface area contributed by atoms with Gasteiger partial charge in [-0.1, -0.05) is 54.1 Å². The molecule has 0 spiro atoms. The second kappa shape index (κ2) is 8.10. The van der Waals surface area contributed by atoms with Crippen molar-refractivity contribution in [2.75, 3.05) is 0 Å². The molecule has 118 valence electrons. The van der Waals surface area contributed by atoms with E-state index < -0.39 is 11.8 Å². The van der Waals surface area contributed by atoms with Crippen LogP contribution in [0.5, 0.6) is 0 Å². The van der Waals surface area contributed by atoms with Crippen LogP contribution in [0.4, 0.5) is 0 Å². The Kier molecular flexibility index (Phi) is 5.88. The summed E-state index contributed by atoms with van der Waals surface area (Å²) in [5.41, 5.74) is 4.53. The molecule has 2 rings (SSSR count). The zero-order chi connectivity index (χ0) is 16.7. The first-order valence-corrected chi connectivity index (χ1v) is 7.36. The topological polar surface area (TPSA) is 70.6 Å². The molecule has 0 aliphatic rings. The number of rotatable bonds is 4. The van der Waals surface area contributed by atoms with Gasteiger partial charge in [0.25, 0.3) is 0 Å². The summed E-state index contributed by atoms with van der Waals surface area (Å²) in [5.74, 6) is -1.55. The Morgan fingerprint density at radius 3 is 2.30 bits per heavy atom.